The van der Waals surface area contributed by atoms with Crippen LogP contribution < -0.4 is 16.0 Å². The summed E-state index contributed by atoms with van der Waals surface area (Å²) in [5.74, 6) is 0.378. The minimum Gasteiger partial charge on any atom is -0.350 e. The van der Waals surface area contributed by atoms with Crippen LogP contribution in [0, 0.1) is 45.8 Å². The minimum absolute atomic E-state index is 0.0282. The van der Waals surface area contributed by atoms with Gasteiger partial charge in [0.05, 0.1) is 12.6 Å². The Bertz CT molecular complexity index is 1030. The van der Waals surface area contributed by atoms with Crippen molar-refractivity contribution in [3.05, 3.63) is 0 Å². The second kappa shape index (κ2) is 12.2. The Kier molecular flexibility index (Phi) is 9.71. The van der Waals surface area contributed by atoms with E-state index in [-0.39, 0.29) is 48.1 Å². The molecule has 230 valence electrons. The second-order valence-electron chi connectivity index (χ2n) is 13.6. The minimum atomic E-state index is -4.54. The number of fused-ring (bicyclic) bond motifs is 1. The number of nitrogens with zero attached hydrogens (tertiary/aromatic N) is 2. The molecular weight excluding hydrogens is 539 g/mol. The van der Waals surface area contributed by atoms with Gasteiger partial charge in [-0.25, -0.2) is 0 Å². The zero-order valence-electron chi connectivity index (χ0n) is 24.7. The zero-order valence-corrected chi connectivity index (χ0v) is 24.7. The number of hydrogen-bond acceptors (Lipinski definition) is 5. The highest BCUT2D eigenvalue weighted by atomic mass is 19.4. The van der Waals surface area contributed by atoms with Crippen LogP contribution in [0.1, 0.15) is 79.6 Å². The van der Waals surface area contributed by atoms with E-state index in [1.54, 1.807) is 4.90 Å². The third kappa shape index (κ3) is 7.33. The average molecular weight is 584 g/mol. The lowest BCUT2D eigenvalue weighted by molar-refractivity contribution is -0.243. The number of likely N-dealkylation sites (tertiary alicyclic amines) is 1. The summed E-state index contributed by atoms with van der Waals surface area (Å²) in [6, 6.07) is 1.43. The van der Waals surface area contributed by atoms with Gasteiger partial charge in [0, 0.05) is 24.5 Å². The number of nitriles is 1. The molecule has 3 N–H and O–H groups in total. The molecule has 3 aliphatic carbocycles. The number of carbonyl (C=O) groups excluding carboxylic acids is 4. The molecule has 2 aliphatic heterocycles. The van der Waals surface area contributed by atoms with Crippen molar-refractivity contribution in [3.63, 3.8) is 0 Å². The maximum absolute atomic E-state index is 13.0. The number of hydrogen-bond donors (Lipinski definition) is 3. The summed E-state index contributed by atoms with van der Waals surface area (Å²) in [6.07, 6.45) is -0.678. The molecule has 0 aromatic rings. The topological polar surface area (TPSA) is 131 Å². The average Bonchev–Trinajstić information content (AvgIpc) is 3.51. The Labute approximate surface area is 240 Å². The van der Waals surface area contributed by atoms with Crippen molar-refractivity contribution in [1.82, 2.24) is 20.9 Å². The fraction of sp³-hybridized carbons (Fsp3) is 0.828. The molecule has 4 unspecified atom stereocenters. The third-order valence-corrected chi connectivity index (χ3v) is 9.25. The van der Waals surface area contributed by atoms with E-state index in [1.807, 2.05) is 6.07 Å². The summed E-state index contributed by atoms with van der Waals surface area (Å²) in [5.41, 5.74) is -1.96. The van der Waals surface area contributed by atoms with Crippen LogP contribution in [0.5, 0.6) is 0 Å². The van der Waals surface area contributed by atoms with Crippen LogP contribution in [0.25, 0.3) is 0 Å². The molecule has 9 nitrogen and oxygen atoms in total. The number of rotatable bonds is 7. The number of halogens is 3. The van der Waals surface area contributed by atoms with Gasteiger partial charge in [-0.05, 0) is 61.7 Å². The van der Waals surface area contributed by atoms with Gasteiger partial charge in [0.15, 0.2) is 0 Å². The Balaban J connectivity index is 0.000000211. The normalized spacial score (nSPS) is 27.9. The van der Waals surface area contributed by atoms with Crippen LogP contribution in [-0.2, 0) is 19.2 Å². The van der Waals surface area contributed by atoms with Crippen molar-refractivity contribution in [2.45, 2.75) is 97.3 Å². The molecule has 5 aliphatic rings. The van der Waals surface area contributed by atoms with Crippen molar-refractivity contribution >= 4 is 24.1 Å². The van der Waals surface area contributed by atoms with Gasteiger partial charge in [-0.3, -0.25) is 19.2 Å². The number of piperidine rings is 1. The molecule has 0 bridgehead atoms. The standard InChI is InChI=1S/C15H21F3N2O2.C10H13N3O2.C4H10/c1-13(2)9-7-20(8-10(9)13)11(21)6-19-12(22)14(4-3-5-14)15(16,17)18;11-5-8(12-6-14)3-7-4-10(1-2-10)13-9(7)15;1-4(2)3/h9-10H,3-8H2,1-2H3,(H,19,22);6-8H,1-4H2,(H,12,14)(H,13,15);4H,1-3H3. The quantitative estimate of drug-likeness (QED) is 0.396. The first-order valence-electron chi connectivity index (χ1n) is 14.6. The fourth-order valence-electron chi connectivity index (χ4n) is 6.12. The van der Waals surface area contributed by atoms with Gasteiger partial charge in [-0.2, -0.15) is 18.4 Å². The predicted octanol–water partition coefficient (Wildman–Crippen LogP) is 3.30. The zero-order chi connectivity index (χ0) is 30.8. The fourth-order valence-corrected chi connectivity index (χ4v) is 6.12. The Hall–Kier alpha value is -2.84. The highest BCUT2D eigenvalue weighted by Gasteiger charge is 2.64. The van der Waals surface area contributed by atoms with Gasteiger partial charge in [0.25, 0.3) is 0 Å². The molecule has 4 atom stereocenters. The first kappa shape index (κ1) is 32.7. The first-order chi connectivity index (χ1) is 19.0. The summed E-state index contributed by atoms with van der Waals surface area (Å²) in [5, 5.41) is 16.3. The van der Waals surface area contributed by atoms with E-state index >= 15 is 0 Å². The molecule has 0 aromatic heterocycles. The van der Waals surface area contributed by atoms with E-state index in [2.05, 4.69) is 50.6 Å². The predicted molar refractivity (Wildman–Crippen MR) is 145 cm³/mol. The summed E-state index contributed by atoms with van der Waals surface area (Å²) < 4.78 is 39.1. The molecule has 5 fully saturated rings. The van der Waals surface area contributed by atoms with Crippen molar-refractivity contribution < 1.29 is 32.3 Å². The van der Waals surface area contributed by atoms with Gasteiger partial charge < -0.3 is 20.9 Å². The Morgan fingerprint density at radius 2 is 1.71 bits per heavy atom. The largest absolute Gasteiger partial charge is 0.403 e. The molecule has 4 amide bonds. The maximum atomic E-state index is 13.0. The van der Waals surface area contributed by atoms with Crippen LogP contribution >= 0.6 is 0 Å². The van der Waals surface area contributed by atoms with Crippen molar-refractivity contribution in [2.24, 2.45) is 34.5 Å². The van der Waals surface area contributed by atoms with E-state index in [0.717, 1.165) is 25.2 Å². The van der Waals surface area contributed by atoms with Gasteiger partial charge in [-0.15, -0.1) is 0 Å². The lowest BCUT2D eigenvalue weighted by atomic mass is 9.67. The van der Waals surface area contributed by atoms with Gasteiger partial charge in [0.2, 0.25) is 24.1 Å². The van der Waals surface area contributed by atoms with Crippen molar-refractivity contribution in [3.8, 4) is 6.07 Å². The molecule has 0 radical (unpaired) electrons. The van der Waals surface area contributed by atoms with Gasteiger partial charge >= 0.3 is 6.18 Å². The third-order valence-electron chi connectivity index (χ3n) is 9.25. The van der Waals surface area contributed by atoms with Crippen LogP contribution in [0.2, 0.25) is 0 Å². The number of alkyl halides is 3. The smallest absolute Gasteiger partial charge is 0.350 e. The van der Waals surface area contributed by atoms with E-state index in [4.69, 9.17) is 5.26 Å². The van der Waals surface area contributed by atoms with Crippen LogP contribution in [0.4, 0.5) is 13.2 Å². The summed E-state index contributed by atoms with van der Waals surface area (Å²) in [6.45, 7) is 11.8. The second-order valence-corrected chi connectivity index (χ2v) is 13.6. The lowest BCUT2D eigenvalue weighted by Crippen LogP contribution is -2.56. The van der Waals surface area contributed by atoms with Crippen LogP contribution in [-0.4, -0.2) is 66.4 Å². The molecule has 2 saturated heterocycles. The number of carbonyl (C=O) groups is 4. The van der Waals surface area contributed by atoms with Gasteiger partial charge in [0.1, 0.15) is 11.5 Å². The van der Waals surface area contributed by atoms with Gasteiger partial charge in [-0.1, -0.05) is 41.0 Å². The Morgan fingerprint density at radius 3 is 2.10 bits per heavy atom. The highest BCUT2D eigenvalue weighted by molar-refractivity contribution is 5.89. The monoisotopic (exact) mass is 583 g/mol. The molecule has 0 aromatic carbocycles. The molecule has 3 saturated carbocycles. The molecule has 12 heteroatoms. The first-order valence-corrected chi connectivity index (χ1v) is 14.6. The van der Waals surface area contributed by atoms with E-state index < -0.39 is 23.5 Å². The lowest BCUT2D eigenvalue weighted by Gasteiger charge is -2.41. The van der Waals surface area contributed by atoms with E-state index in [9.17, 15) is 32.3 Å². The molecule has 1 spiro atoms. The van der Waals surface area contributed by atoms with Crippen LogP contribution in [0.3, 0.4) is 0 Å². The number of amides is 4. The Morgan fingerprint density at radius 1 is 1.15 bits per heavy atom. The summed E-state index contributed by atoms with van der Waals surface area (Å²) >= 11 is 0. The summed E-state index contributed by atoms with van der Waals surface area (Å²) in [4.78, 5) is 47.3. The van der Waals surface area contributed by atoms with Crippen molar-refractivity contribution in [1.29, 1.82) is 5.26 Å². The molecule has 41 heavy (non-hydrogen) atoms. The van der Waals surface area contributed by atoms with Crippen LogP contribution in [0.15, 0.2) is 0 Å². The summed E-state index contributed by atoms with van der Waals surface area (Å²) in [7, 11) is 0. The van der Waals surface area contributed by atoms with E-state index in [1.165, 1.54) is 0 Å². The molecule has 2 heterocycles. The highest BCUT2D eigenvalue weighted by Crippen LogP contribution is 2.62. The van der Waals surface area contributed by atoms with E-state index in [0.29, 0.717) is 44.2 Å². The number of nitrogens with one attached hydrogen (secondary N) is 3. The maximum Gasteiger partial charge on any atom is 0.403 e. The molecule has 5 rings (SSSR count). The molecular formula is C29H44F3N5O4. The SMILES string of the molecule is CC(C)C.CC1(C)C2CN(C(=O)CNC(=O)C3(C(F)(F)F)CCC3)CC21.N#CC(CC1CC2(CC2)NC1=O)NC=O. The van der Waals surface area contributed by atoms with Crippen molar-refractivity contribution in [2.75, 3.05) is 19.6 Å².